The average Bonchev–Trinajstić information content (AvgIpc) is 3.12. The first kappa shape index (κ1) is 13.0. The van der Waals surface area contributed by atoms with Crippen LogP contribution in [-0.2, 0) is 0 Å². The van der Waals surface area contributed by atoms with E-state index < -0.39 is 0 Å². The molecule has 0 radical (unpaired) electrons. The minimum Gasteiger partial charge on any atom is -0.392 e. The number of hydrogen-bond donors (Lipinski definition) is 2. The van der Waals surface area contributed by atoms with E-state index in [0.717, 1.165) is 38.8 Å². The molecule has 1 saturated heterocycles. The second-order valence-electron chi connectivity index (χ2n) is 4.77. The van der Waals surface area contributed by atoms with Gasteiger partial charge in [0.1, 0.15) is 0 Å². The molecule has 6 heteroatoms. The Morgan fingerprint density at radius 3 is 2.47 bits per heavy atom. The zero-order valence-electron chi connectivity index (χ0n) is 10.1. The fourth-order valence-corrected chi connectivity index (χ4v) is 3.36. The normalized spacial score (nSPS) is 23.2. The maximum atomic E-state index is 11.9. The lowest BCUT2D eigenvalue weighted by Gasteiger charge is -2.39. The monoisotopic (exact) mass is 273 g/mol. The summed E-state index contributed by atoms with van der Waals surface area (Å²) in [6.45, 7) is 1.49. The van der Waals surface area contributed by atoms with Gasteiger partial charge in [-0.25, -0.2) is 4.79 Å². The molecule has 96 valence electrons. The zero-order chi connectivity index (χ0) is 12.5. The van der Waals surface area contributed by atoms with Gasteiger partial charge in [0.25, 0.3) is 0 Å². The van der Waals surface area contributed by atoms with Crippen molar-refractivity contribution in [2.75, 3.05) is 19.3 Å². The molecule has 0 aromatic heterocycles. The third kappa shape index (κ3) is 2.85. The van der Waals surface area contributed by atoms with E-state index in [1.807, 2.05) is 11.2 Å². The maximum Gasteiger partial charge on any atom is 0.317 e. The van der Waals surface area contributed by atoms with E-state index in [2.05, 4.69) is 5.32 Å². The summed E-state index contributed by atoms with van der Waals surface area (Å²) in [7, 11) is 0. The van der Waals surface area contributed by atoms with Crippen LogP contribution < -0.4 is 11.1 Å². The third-order valence-electron chi connectivity index (χ3n) is 3.60. The minimum absolute atomic E-state index is 0.0742. The Hall–Kier alpha value is -0.490. The summed E-state index contributed by atoms with van der Waals surface area (Å²) in [5.41, 5.74) is 5.82. The molecule has 0 bridgehead atoms. The molecule has 3 N–H and O–H groups in total. The summed E-state index contributed by atoms with van der Waals surface area (Å²) in [4.78, 5) is 14.3. The Labute approximate surface area is 112 Å². The lowest BCUT2D eigenvalue weighted by Crippen LogP contribution is -2.53. The van der Waals surface area contributed by atoms with E-state index >= 15 is 0 Å². The van der Waals surface area contributed by atoms with Gasteiger partial charge in [0.05, 0.1) is 9.74 Å². The van der Waals surface area contributed by atoms with Crippen molar-refractivity contribution < 1.29 is 4.79 Å². The van der Waals surface area contributed by atoms with E-state index in [0.29, 0.717) is 11.0 Å². The molecular weight excluding hydrogens is 254 g/mol. The van der Waals surface area contributed by atoms with Crippen molar-refractivity contribution in [3.63, 3.8) is 0 Å². The number of likely N-dealkylation sites (tertiary alicyclic amines) is 1. The molecule has 17 heavy (non-hydrogen) atoms. The molecular formula is C11H19N3OS2. The van der Waals surface area contributed by atoms with Crippen LogP contribution in [0, 0.1) is 0 Å². The molecule has 0 unspecified atom stereocenters. The standard InChI is InChI=1S/C11H19N3OS2/c1-17-11(9(12)16)4-6-14(7-5-11)10(15)13-8-2-3-8/h8H,2-7H2,1H3,(H2,12,16)(H,13,15). The second-order valence-corrected chi connectivity index (χ2v) is 6.40. The van der Waals surface area contributed by atoms with Crippen molar-refractivity contribution in [3.8, 4) is 0 Å². The number of urea groups is 1. The lowest BCUT2D eigenvalue weighted by atomic mass is 9.96. The van der Waals surface area contributed by atoms with Gasteiger partial charge in [0.15, 0.2) is 0 Å². The molecule has 2 fully saturated rings. The highest BCUT2D eigenvalue weighted by molar-refractivity contribution is 8.02. The number of piperidine rings is 1. The highest BCUT2D eigenvalue weighted by Gasteiger charge is 2.38. The first-order valence-electron chi connectivity index (χ1n) is 5.98. The average molecular weight is 273 g/mol. The quantitative estimate of drug-likeness (QED) is 0.762. The number of thiocarbonyl (C=S) groups is 1. The number of rotatable bonds is 3. The van der Waals surface area contributed by atoms with Gasteiger partial charge in [-0.2, -0.15) is 11.8 Å². The molecule has 1 aliphatic carbocycles. The number of nitrogens with zero attached hydrogens (tertiary/aromatic N) is 1. The predicted octanol–water partition coefficient (Wildman–Crippen LogP) is 1.34. The molecule has 1 aliphatic heterocycles. The van der Waals surface area contributed by atoms with Crippen LogP contribution in [0.2, 0.25) is 0 Å². The smallest absolute Gasteiger partial charge is 0.317 e. The largest absolute Gasteiger partial charge is 0.392 e. The molecule has 0 spiro atoms. The van der Waals surface area contributed by atoms with Gasteiger partial charge in [-0.1, -0.05) is 12.2 Å². The van der Waals surface area contributed by atoms with Crippen LogP contribution in [-0.4, -0.2) is 46.1 Å². The number of thioether (sulfide) groups is 1. The van der Waals surface area contributed by atoms with Crippen LogP contribution >= 0.6 is 24.0 Å². The molecule has 1 saturated carbocycles. The van der Waals surface area contributed by atoms with E-state index in [1.165, 1.54) is 0 Å². The molecule has 1 heterocycles. The Kier molecular flexibility index (Phi) is 3.82. The van der Waals surface area contributed by atoms with Crippen molar-refractivity contribution in [2.45, 2.75) is 36.5 Å². The van der Waals surface area contributed by atoms with Gasteiger partial charge >= 0.3 is 6.03 Å². The SMILES string of the molecule is CSC1(C(N)=S)CCN(C(=O)NC2CC2)CC1. The topological polar surface area (TPSA) is 58.4 Å². The van der Waals surface area contributed by atoms with Gasteiger partial charge in [-0.15, -0.1) is 0 Å². The van der Waals surface area contributed by atoms with E-state index in [-0.39, 0.29) is 10.8 Å². The summed E-state index contributed by atoms with van der Waals surface area (Å²) < 4.78 is -0.105. The molecule has 0 aromatic carbocycles. The van der Waals surface area contributed by atoms with Crippen LogP contribution in [0.1, 0.15) is 25.7 Å². The first-order chi connectivity index (χ1) is 8.07. The Bertz CT molecular complexity index is 323. The fraction of sp³-hybridized carbons (Fsp3) is 0.818. The van der Waals surface area contributed by atoms with Gasteiger partial charge in [0, 0.05) is 19.1 Å². The van der Waals surface area contributed by atoms with Crippen LogP contribution in [0.5, 0.6) is 0 Å². The zero-order valence-corrected chi connectivity index (χ0v) is 11.7. The minimum atomic E-state index is -0.105. The van der Waals surface area contributed by atoms with E-state index in [1.54, 1.807) is 11.8 Å². The fourth-order valence-electron chi connectivity index (χ4n) is 2.12. The van der Waals surface area contributed by atoms with Gasteiger partial charge in [-0.05, 0) is 31.9 Å². The van der Waals surface area contributed by atoms with Crippen molar-refractivity contribution in [1.29, 1.82) is 0 Å². The molecule has 4 nitrogen and oxygen atoms in total. The second kappa shape index (κ2) is 5.02. The van der Waals surface area contributed by atoms with E-state index in [4.69, 9.17) is 18.0 Å². The maximum absolute atomic E-state index is 11.9. The summed E-state index contributed by atoms with van der Waals surface area (Å²) in [5.74, 6) is 0. The highest BCUT2D eigenvalue weighted by atomic mass is 32.2. The summed E-state index contributed by atoms with van der Waals surface area (Å²) in [6.07, 6.45) is 6.02. The molecule has 0 atom stereocenters. The molecule has 2 aliphatic rings. The van der Waals surface area contributed by atoms with Crippen LogP contribution in [0.15, 0.2) is 0 Å². The summed E-state index contributed by atoms with van der Waals surface area (Å²) >= 11 is 6.87. The Morgan fingerprint density at radius 1 is 1.47 bits per heavy atom. The van der Waals surface area contributed by atoms with Crippen molar-refractivity contribution in [2.24, 2.45) is 5.73 Å². The predicted molar refractivity (Wildman–Crippen MR) is 75.4 cm³/mol. The Balaban J connectivity index is 1.87. The number of hydrogen-bond acceptors (Lipinski definition) is 3. The Morgan fingerprint density at radius 2 is 2.06 bits per heavy atom. The van der Waals surface area contributed by atoms with Crippen molar-refractivity contribution in [1.82, 2.24) is 10.2 Å². The molecule has 0 aromatic rings. The first-order valence-corrected chi connectivity index (χ1v) is 7.61. The molecule has 2 amide bonds. The number of amides is 2. The molecule has 2 rings (SSSR count). The number of nitrogens with one attached hydrogen (secondary N) is 1. The van der Waals surface area contributed by atoms with Crippen molar-refractivity contribution >= 4 is 35.0 Å². The van der Waals surface area contributed by atoms with Gasteiger partial charge in [-0.3, -0.25) is 0 Å². The number of carbonyl (C=O) groups is 1. The van der Waals surface area contributed by atoms with Gasteiger partial charge in [0.2, 0.25) is 0 Å². The third-order valence-corrected chi connectivity index (χ3v) is 5.53. The number of carbonyl (C=O) groups excluding carboxylic acids is 1. The highest BCUT2D eigenvalue weighted by Crippen LogP contribution is 2.35. The van der Waals surface area contributed by atoms with Crippen LogP contribution in [0.25, 0.3) is 0 Å². The van der Waals surface area contributed by atoms with E-state index in [9.17, 15) is 4.79 Å². The van der Waals surface area contributed by atoms with Crippen LogP contribution in [0.3, 0.4) is 0 Å². The lowest BCUT2D eigenvalue weighted by molar-refractivity contribution is 0.183. The number of nitrogens with two attached hydrogens (primary N) is 1. The van der Waals surface area contributed by atoms with Gasteiger partial charge < -0.3 is 16.0 Å². The van der Waals surface area contributed by atoms with Crippen LogP contribution in [0.4, 0.5) is 4.79 Å². The summed E-state index contributed by atoms with van der Waals surface area (Å²) in [5, 5.41) is 3.01. The van der Waals surface area contributed by atoms with Crippen molar-refractivity contribution in [3.05, 3.63) is 0 Å². The summed E-state index contributed by atoms with van der Waals surface area (Å²) in [6, 6.07) is 0.496.